The summed E-state index contributed by atoms with van der Waals surface area (Å²) in [6, 6.07) is 3.71. The van der Waals surface area contributed by atoms with Crippen molar-refractivity contribution >= 4 is 22.2 Å². The highest BCUT2D eigenvalue weighted by Gasteiger charge is 2.08. The Morgan fingerprint density at radius 1 is 1.47 bits per heavy atom. The molecule has 0 fully saturated rings. The number of rotatable bonds is 6. The quantitative estimate of drug-likeness (QED) is 0.605. The topological polar surface area (TPSA) is 44.1 Å². The molecule has 19 heavy (non-hydrogen) atoms. The van der Waals surface area contributed by atoms with Crippen LogP contribution in [0, 0.1) is 6.92 Å². The number of imidazole rings is 1. The van der Waals surface area contributed by atoms with Crippen molar-refractivity contribution in [3.05, 3.63) is 46.5 Å². The number of hydrogen-bond acceptors (Lipinski definition) is 3. The maximum Gasteiger partial charge on any atom is 0.153 e. The van der Waals surface area contributed by atoms with Gasteiger partial charge in [0.15, 0.2) is 6.29 Å². The van der Waals surface area contributed by atoms with E-state index in [9.17, 15) is 4.79 Å². The van der Waals surface area contributed by atoms with E-state index in [-0.39, 0.29) is 0 Å². The van der Waals surface area contributed by atoms with Crippen LogP contribution in [-0.2, 0) is 6.54 Å². The molecule has 0 saturated heterocycles. The van der Waals surface area contributed by atoms with Crippen molar-refractivity contribution in [2.24, 2.45) is 0 Å². The smallest absolute Gasteiger partial charge is 0.153 e. The number of halogens is 1. The Balaban J connectivity index is 1.93. The summed E-state index contributed by atoms with van der Waals surface area (Å²) in [5.41, 5.74) is 1.54. The van der Waals surface area contributed by atoms with Gasteiger partial charge in [-0.1, -0.05) is 15.9 Å². The third-order valence-electron chi connectivity index (χ3n) is 2.76. The van der Waals surface area contributed by atoms with E-state index in [4.69, 9.17) is 4.74 Å². The van der Waals surface area contributed by atoms with Gasteiger partial charge in [-0.25, -0.2) is 4.98 Å². The zero-order valence-electron chi connectivity index (χ0n) is 10.7. The lowest BCUT2D eigenvalue weighted by atomic mass is 10.1. The van der Waals surface area contributed by atoms with Crippen LogP contribution < -0.4 is 4.74 Å². The van der Waals surface area contributed by atoms with Gasteiger partial charge in [0.2, 0.25) is 0 Å². The first-order chi connectivity index (χ1) is 9.20. The SMILES string of the molecule is Cc1cc(Br)cc(C=O)c1OCCCn1ccnc1. The summed E-state index contributed by atoms with van der Waals surface area (Å²) in [6.07, 6.45) is 7.14. The van der Waals surface area contributed by atoms with Crippen molar-refractivity contribution in [3.63, 3.8) is 0 Å². The summed E-state index contributed by atoms with van der Waals surface area (Å²) in [7, 11) is 0. The van der Waals surface area contributed by atoms with Crippen molar-refractivity contribution in [3.8, 4) is 5.75 Å². The van der Waals surface area contributed by atoms with Crippen molar-refractivity contribution in [2.45, 2.75) is 19.9 Å². The number of carbonyl (C=O) groups is 1. The van der Waals surface area contributed by atoms with Crippen LogP contribution in [0.1, 0.15) is 22.3 Å². The van der Waals surface area contributed by atoms with E-state index in [0.717, 1.165) is 29.3 Å². The number of ether oxygens (including phenoxy) is 1. The second-order valence-electron chi connectivity index (χ2n) is 4.26. The largest absolute Gasteiger partial charge is 0.492 e. The zero-order valence-corrected chi connectivity index (χ0v) is 12.3. The molecule has 2 rings (SSSR count). The van der Waals surface area contributed by atoms with Gasteiger partial charge in [0.1, 0.15) is 5.75 Å². The first kappa shape index (κ1) is 13.8. The standard InChI is InChI=1S/C14H15BrN2O2/c1-11-7-13(15)8-12(9-18)14(11)19-6-2-4-17-5-3-16-10-17/h3,5,7-10H,2,4,6H2,1H3. The molecule has 0 radical (unpaired) electrons. The molecule has 100 valence electrons. The Bertz CT molecular complexity index is 553. The molecule has 0 aliphatic carbocycles. The highest BCUT2D eigenvalue weighted by Crippen LogP contribution is 2.26. The van der Waals surface area contributed by atoms with Gasteiger partial charge in [-0.2, -0.15) is 0 Å². The molecule has 0 atom stereocenters. The monoisotopic (exact) mass is 322 g/mol. The van der Waals surface area contributed by atoms with E-state index in [0.29, 0.717) is 17.9 Å². The molecule has 0 bridgehead atoms. The van der Waals surface area contributed by atoms with E-state index in [1.807, 2.05) is 23.8 Å². The Hall–Kier alpha value is -1.62. The molecule has 0 amide bonds. The lowest BCUT2D eigenvalue weighted by Crippen LogP contribution is -2.05. The molecular formula is C14H15BrN2O2. The van der Waals surface area contributed by atoms with Crippen molar-refractivity contribution < 1.29 is 9.53 Å². The maximum absolute atomic E-state index is 11.0. The average Bonchev–Trinajstić information content (AvgIpc) is 2.89. The van der Waals surface area contributed by atoms with Gasteiger partial charge in [-0.3, -0.25) is 4.79 Å². The lowest BCUT2D eigenvalue weighted by molar-refractivity contribution is 0.111. The lowest BCUT2D eigenvalue weighted by Gasteiger charge is -2.12. The van der Waals surface area contributed by atoms with Crippen molar-refractivity contribution in [1.82, 2.24) is 9.55 Å². The second kappa shape index (κ2) is 6.52. The molecule has 1 aromatic heterocycles. The fraction of sp³-hybridized carbons (Fsp3) is 0.286. The molecule has 4 nitrogen and oxygen atoms in total. The molecule has 0 aliphatic heterocycles. The normalized spacial score (nSPS) is 10.4. The molecule has 0 N–H and O–H groups in total. The number of aromatic nitrogens is 2. The minimum Gasteiger partial charge on any atom is -0.492 e. The number of aldehydes is 1. The summed E-state index contributed by atoms with van der Waals surface area (Å²) in [6.45, 7) is 3.36. The molecule has 0 saturated carbocycles. The Labute approximate surface area is 120 Å². The number of aryl methyl sites for hydroxylation is 2. The van der Waals surface area contributed by atoms with Gasteiger partial charge in [0.05, 0.1) is 18.5 Å². The molecular weight excluding hydrogens is 308 g/mol. The minimum absolute atomic E-state index is 0.571. The third kappa shape index (κ3) is 3.67. The Morgan fingerprint density at radius 2 is 2.32 bits per heavy atom. The molecule has 0 aliphatic rings. The van der Waals surface area contributed by atoms with Gasteiger partial charge < -0.3 is 9.30 Å². The molecule has 0 unspecified atom stereocenters. The van der Waals surface area contributed by atoms with Gasteiger partial charge >= 0.3 is 0 Å². The summed E-state index contributed by atoms with van der Waals surface area (Å²) in [5.74, 6) is 0.670. The highest BCUT2D eigenvalue weighted by molar-refractivity contribution is 9.10. The van der Waals surface area contributed by atoms with Crippen LogP contribution in [-0.4, -0.2) is 22.4 Å². The van der Waals surface area contributed by atoms with Crippen LogP contribution in [0.25, 0.3) is 0 Å². The summed E-state index contributed by atoms with van der Waals surface area (Å²) >= 11 is 3.37. The highest BCUT2D eigenvalue weighted by atomic mass is 79.9. The van der Waals surface area contributed by atoms with Gasteiger partial charge in [0.25, 0.3) is 0 Å². The number of carbonyl (C=O) groups excluding carboxylic acids is 1. The van der Waals surface area contributed by atoms with Gasteiger partial charge in [-0.15, -0.1) is 0 Å². The average molecular weight is 323 g/mol. The van der Waals surface area contributed by atoms with Crippen molar-refractivity contribution in [2.75, 3.05) is 6.61 Å². The number of hydrogen-bond donors (Lipinski definition) is 0. The Kier molecular flexibility index (Phi) is 4.74. The maximum atomic E-state index is 11.0. The first-order valence-corrected chi connectivity index (χ1v) is 6.84. The van der Waals surface area contributed by atoms with E-state index in [1.54, 1.807) is 18.6 Å². The Morgan fingerprint density at radius 3 is 3.00 bits per heavy atom. The van der Waals surface area contributed by atoms with Crippen LogP contribution in [0.4, 0.5) is 0 Å². The number of benzene rings is 1. The first-order valence-electron chi connectivity index (χ1n) is 6.04. The minimum atomic E-state index is 0.571. The van der Waals surface area contributed by atoms with E-state index in [2.05, 4.69) is 20.9 Å². The predicted octanol–water partition coefficient (Wildman–Crippen LogP) is 3.24. The van der Waals surface area contributed by atoms with Crippen LogP contribution >= 0.6 is 15.9 Å². The molecule has 2 aromatic rings. The van der Waals surface area contributed by atoms with E-state index >= 15 is 0 Å². The van der Waals surface area contributed by atoms with E-state index in [1.165, 1.54) is 0 Å². The fourth-order valence-corrected chi connectivity index (χ4v) is 2.47. The summed E-state index contributed by atoms with van der Waals surface area (Å²) < 4.78 is 8.61. The van der Waals surface area contributed by atoms with E-state index < -0.39 is 0 Å². The van der Waals surface area contributed by atoms with Crippen molar-refractivity contribution in [1.29, 1.82) is 0 Å². The molecule has 1 heterocycles. The zero-order chi connectivity index (χ0) is 13.7. The van der Waals surface area contributed by atoms with Gasteiger partial charge in [0, 0.05) is 23.4 Å². The van der Waals surface area contributed by atoms with Crippen LogP contribution in [0.3, 0.4) is 0 Å². The molecule has 5 heteroatoms. The summed E-state index contributed by atoms with van der Waals surface area (Å²) in [4.78, 5) is 15.0. The molecule has 1 aromatic carbocycles. The predicted molar refractivity (Wildman–Crippen MR) is 76.6 cm³/mol. The molecule has 0 spiro atoms. The van der Waals surface area contributed by atoms with Crippen LogP contribution in [0.2, 0.25) is 0 Å². The van der Waals surface area contributed by atoms with Gasteiger partial charge in [-0.05, 0) is 31.0 Å². The summed E-state index contributed by atoms with van der Waals surface area (Å²) in [5, 5.41) is 0. The fourth-order valence-electron chi connectivity index (χ4n) is 1.88. The third-order valence-corrected chi connectivity index (χ3v) is 3.22. The van der Waals surface area contributed by atoms with Crippen LogP contribution in [0.15, 0.2) is 35.3 Å². The number of nitrogens with zero attached hydrogens (tertiary/aromatic N) is 2. The second-order valence-corrected chi connectivity index (χ2v) is 5.18. The van der Waals surface area contributed by atoms with Crippen LogP contribution in [0.5, 0.6) is 5.75 Å².